The molecule has 3 aromatic rings. The van der Waals surface area contributed by atoms with Gasteiger partial charge in [-0.05, 0) is 12.5 Å². The Bertz CT molecular complexity index is 794. The van der Waals surface area contributed by atoms with Crippen molar-refractivity contribution < 1.29 is 13.7 Å². The summed E-state index contributed by atoms with van der Waals surface area (Å²) in [4.78, 5) is 11.2. The average Bonchev–Trinajstić information content (AvgIpc) is 3.16. The topological polar surface area (TPSA) is 60.9 Å². The monoisotopic (exact) mass is 299 g/mol. The fraction of sp³-hybridized carbons (Fsp3) is 0.188. The van der Waals surface area contributed by atoms with Crippen molar-refractivity contribution in [2.45, 2.75) is 19.9 Å². The lowest BCUT2D eigenvalue weighted by molar-refractivity contribution is 0.111. The number of hydrogen-bond acceptors (Lipinski definition) is 4. The lowest BCUT2D eigenvalue weighted by Gasteiger charge is -2.07. The summed E-state index contributed by atoms with van der Waals surface area (Å²) in [6, 6.07) is 8.18. The molecule has 0 radical (unpaired) electrons. The minimum absolute atomic E-state index is 0.218. The van der Waals surface area contributed by atoms with E-state index in [0.29, 0.717) is 35.4 Å². The summed E-state index contributed by atoms with van der Waals surface area (Å²) in [5, 5.41) is 8.21. The summed E-state index contributed by atoms with van der Waals surface area (Å²) in [7, 11) is 0. The van der Waals surface area contributed by atoms with Crippen LogP contribution in [0.3, 0.4) is 0 Å². The SMILES string of the molecule is CCc1c(C=O)nn(Cc2ccccc2F)c1-c1ccon1. The summed E-state index contributed by atoms with van der Waals surface area (Å²) in [5.41, 5.74) is 2.88. The maximum absolute atomic E-state index is 13.9. The van der Waals surface area contributed by atoms with Gasteiger partial charge in [0.05, 0.1) is 12.2 Å². The molecule has 0 spiro atoms. The predicted octanol–water partition coefficient (Wildman–Crippen LogP) is 3.10. The zero-order valence-corrected chi connectivity index (χ0v) is 12.0. The van der Waals surface area contributed by atoms with Crippen molar-refractivity contribution in [1.29, 1.82) is 0 Å². The van der Waals surface area contributed by atoms with E-state index < -0.39 is 0 Å². The van der Waals surface area contributed by atoms with Crippen molar-refractivity contribution >= 4 is 6.29 Å². The first-order chi connectivity index (χ1) is 10.7. The van der Waals surface area contributed by atoms with Crippen LogP contribution in [0.1, 0.15) is 28.5 Å². The van der Waals surface area contributed by atoms with Crippen molar-refractivity contribution in [2.75, 3.05) is 0 Å². The zero-order chi connectivity index (χ0) is 15.5. The summed E-state index contributed by atoms with van der Waals surface area (Å²) in [6.07, 6.45) is 2.78. The van der Waals surface area contributed by atoms with Gasteiger partial charge in [-0.1, -0.05) is 30.3 Å². The number of aldehydes is 1. The van der Waals surface area contributed by atoms with E-state index in [1.807, 2.05) is 6.92 Å². The second kappa shape index (κ2) is 5.93. The molecule has 0 aliphatic carbocycles. The van der Waals surface area contributed by atoms with Gasteiger partial charge in [-0.15, -0.1) is 0 Å². The van der Waals surface area contributed by atoms with E-state index in [1.165, 1.54) is 12.3 Å². The van der Waals surface area contributed by atoms with Crippen LogP contribution in [-0.4, -0.2) is 21.2 Å². The van der Waals surface area contributed by atoms with Crippen LogP contribution in [0, 0.1) is 5.82 Å². The summed E-state index contributed by atoms with van der Waals surface area (Å²) in [5.74, 6) is -0.310. The summed E-state index contributed by atoms with van der Waals surface area (Å²) < 4.78 is 20.4. The minimum Gasteiger partial charge on any atom is -0.364 e. The highest BCUT2D eigenvalue weighted by Gasteiger charge is 2.20. The van der Waals surface area contributed by atoms with Gasteiger partial charge in [0.2, 0.25) is 0 Å². The molecule has 0 atom stereocenters. The van der Waals surface area contributed by atoms with E-state index in [-0.39, 0.29) is 12.4 Å². The van der Waals surface area contributed by atoms with Gasteiger partial charge in [-0.25, -0.2) is 4.39 Å². The van der Waals surface area contributed by atoms with Crippen molar-refractivity contribution in [2.24, 2.45) is 0 Å². The van der Waals surface area contributed by atoms with Gasteiger partial charge < -0.3 is 4.52 Å². The predicted molar refractivity (Wildman–Crippen MR) is 78.0 cm³/mol. The maximum Gasteiger partial charge on any atom is 0.170 e. The quantitative estimate of drug-likeness (QED) is 0.679. The highest BCUT2D eigenvalue weighted by molar-refractivity contribution is 5.79. The Kier molecular flexibility index (Phi) is 3.82. The van der Waals surface area contributed by atoms with E-state index in [4.69, 9.17) is 4.52 Å². The molecule has 0 fully saturated rings. The zero-order valence-electron chi connectivity index (χ0n) is 12.0. The molecule has 6 heteroatoms. The van der Waals surface area contributed by atoms with Crippen LogP contribution in [-0.2, 0) is 13.0 Å². The molecule has 3 rings (SSSR count). The molecule has 2 heterocycles. The summed E-state index contributed by atoms with van der Waals surface area (Å²) >= 11 is 0. The minimum atomic E-state index is -0.310. The average molecular weight is 299 g/mol. The highest BCUT2D eigenvalue weighted by atomic mass is 19.1. The van der Waals surface area contributed by atoms with Gasteiger partial charge >= 0.3 is 0 Å². The molecule has 0 aliphatic rings. The Labute approximate surface area is 126 Å². The van der Waals surface area contributed by atoms with Crippen molar-refractivity contribution in [3.63, 3.8) is 0 Å². The van der Waals surface area contributed by atoms with E-state index in [2.05, 4.69) is 10.3 Å². The Balaban J connectivity index is 2.13. The molecule has 2 aromatic heterocycles. The molecule has 0 aliphatic heterocycles. The lowest BCUT2D eigenvalue weighted by atomic mass is 10.1. The molecule has 0 bridgehead atoms. The molecule has 112 valence electrons. The van der Waals surface area contributed by atoms with Gasteiger partial charge in [0.1, 0.15) is 23.5 Å². The second-order valence-electron chi connectivity index (χ2n) is 4.82. The number of halogens is 1. The van der Waals surface area contributed by atoms with Crippen LogP contribution in [0.15, 0.2) is 41.1 Å². The molecule has 0 unspecified atom stereocenters. The Hall–Kier alpha value is -2.76. The standard InChI is InChI=1S/C16H14FN3O2/c1-2-12-15(10-21)18-20(16(12)14-7-8-22-19-14)9-11-5-3-4-6-13(11)17/h3-8,10H,2,9H2,1H3. The smallest absolute Gasteiger partial charge is 0.170 e. The molecule has 1 aromatic carbocycles. The largest absolute Gasteiger partial charge is 0.364 e. The molecule has 5 nitrogen and oxygen atoms in total. The van der Waals surface area contributed by atoms with Gasteiger partial charge in [0.25, 0.3) is 0 Å². The third kappa shape index (κ3) is 2.43. The van der Waals surface area contributed by atoms with Crippen molar-refractivity contribution in [3.8, 4) is 11.4 Å². The van der Waals surface area contributed by atoms with Gasteiger partial charge in [0.15, 0.2) is 6.29 Å². The Morgan fingerprint density at radius 2 is 2.14 bits per heavy atom. The molecule has 22 heavy (non-hydrogen) atoms. The van der Waals surface area contributed by atoms with Gasteiger partial charge in [0, 0.05) is 17.2 Å². The third-order valence-electron chi connectivity index (χ3n) is 3.51. The first-order valence-electron chi connectivity index (χ1n) is 6.93. The maximum atomic E-state index is 13.9. The van der Waals surface area contributed by atoms with Crippen molar-refractivity contribution in [3.05, 3.63) is 59.2 Å². The molecule has 0 amide bonds. The number of hydrogen-bond donors (Lipinski definition) is 0. The fourth-order valence-corrected chi connectivity index (χ4v) is 2.48. The van der Waals surface area contributed by atoms with Gasteiger partial charge in [-0.2, -0.15) is 5.10 Å². The van der Waals surface area contributed by atoms with Gasteiger partial charge in [-0.3, -0.25) is 9.48 Å². The Morgan fingerprint density at radius 1 is 1.32 bits per heavy atom. The fourth-order valence-electron chi connectivity index (χ4n) is 2.48. The number of carbonyl (C=O) groups is 1. The van der Waals surface area contributed by atoms with E-state index >= 15 is 0 Å². The highest BCUT2D eigenvalue weighted by Crippen LogP contribution is 2.26. The molecule has 0 saturated heterocycles. The number of carbonyl (C=O) groups excluding carboxylic acids is 1. The van der Waals surface area contributed by atoms with E-state index in [0.717, 1.165) is 5.56 Å². The molecule has 0 saturated carbocycles. The van der Waals surface area contributed by atoms with Crippen LogP contribution in [0.2, 0.25) is 0 Å². The van der Waals surface area contributed by atoms with Crippen LogP contribution < -0.4 is 0 Å². The van der Waals surface area contributed by atoms with Crippen LogP contribution >= 0.6 is 0 Å². The van der Waals surface area contributed by atoms with Crippen LogP contribution in [0.4, 0.5) is 4.39 Å². The second-order valence-corrected chi connectivity index (χ2v) is 4.82. The number of aromatic nitrogens is 3. The van der Waals surface area contributed by atoms with Crippen LogP contribution in [0.5, 0.6) is 0 Å². The number of rotatable bonds is 5. The first-order valence-corrected chi connectivity index (χ1v) is 6.93. The molecule has 0 N–H and O–H groups in total. The van der Waals surface area contributed by atoms with E-state index in [9.17, 15) is 9.18 Å². The normalized spacial score (nSPS) is 10.8. The van der Waals surface area contributed by atoms with Crippen molar-refractivity contribution in [1.82, 2.24) is 14.9 Å². The first kappa shape index (κ1) is 14.2. The number of nitrogens with zero attached hydrogens (tertiary/aromatic N) is 3. The lowest BCUT2D eigenvalue weighted by Crippen LogP contribution is -2.06. The molecular weight excluding hydrogens is 285 g/mol. The number of benzene rings is 1. The molecular formula is C16H14FN3O2. The Morgan fingerprint density at radius 3 is 2.77 bits per heavy atom. The van der Waals surface area contributed by atoms with Crippen LogP contribution in [0.25, 0.3) is 11.4 Å². The van der Waals surface area contributed by atoms with E-state index in [1.54, 1.807) is 28.9 Å². The third-order valence-corrected chi connectivity index (χ3v) is 3.51. The summed E-state index contributed by atoms with van der Waals surface area (Å²) in [6.45, 7) is 2.15.